The van der Waals surface area contributed by atoms with Crippen molar-refractivity contribution >= 4 is 33.1 Å². The van der Waals surface area contributed by atoms with Gasteiger partial charge in [-0.25, -0.2) is 13.1 Å². The Kier molecular flexibility index (Phi) is 6.98. The van der Waals surface area contributed by atoms with Crippen molar-refractivity contribution in [2.75, 3.05) is 12.3 Å². The van der Waals surface area contributed by atoms with E-state index in [1.165, 1.54) is 17.4 Å². The number of halogens is 3. The zero-order valence-corrected chi connectivity index (χ0v) is 14.0. The van der Waals surface area contributed by atoms with E-state index in [-0.39, 0.29) is 35.0 Å². The molecular formula is C11H17F3N2O2S3. The van der Waals surface area contributed by atoms with Gasteiger partial charge < -0.3 is 5.32 Å². The summed E-state index contributed by atoms with van der Waals surface area (Å²) >= 11 is 1.05. The standard InChI is InChI=1S/C11H17F3N2O2S3/c1-8(2)15-7-9-10(3-5-19-9)21(17,18)16-4-6-20-11(12,13)14/h3,5,8,15-16H,4,6-7H2,1-2H3. The van der Waals surface area contributed by atoms with Crippen molar-refractivity contribution in [3.63, 3.8) is 0 Å². The zero-order chi connectivity index (χ0) is 16.1. The molecule has 0 aliphatic heterocycles. The monoisotopic (exact) mass is 362 g/mol. The van der Waals surface area contributed by atoms with E-state index in [4.69, 9.17) is 0 Å². The Morgan fingerprint density at radius 3 is 2.62 bits per heavy atom. The Balaban J connectivity index is 2.60. The van der Waals surface area contributed by atoms with Gasteiger partial charge in [-0.3, -0.25) is 0 Å². The third-order valence-corrected chi connectivity index (χ3v) is 5.66. The second kappa shape index (κ2) is 7.82. The van der Waals surface area contributed by atoms with Crippen LogP contribution in [0.15, 0.2) is 16.3 Å². The molecule has 0 amide bonds. The maximum absolute atomic E-state index is 12.1. The number of alkyl halides is 3. The van der Waals surface area contributed by atoms with Crippen LogP contribution in [0.1, 0.15) is 18.7 Å². The Bertz CT molecular complexity index is 541. The third kappa shape index (κ3) is 7.00. The average Bonchev–Trinajstić information content (AvgIpc) is 2.80. The van der Waals surface area contributed by atoms with Crippen molar-refractivity contribution in [3.05, 3.63) is 16.3 Å². The van der Waals surface area contributed by atoms with Crippen LogP contribution in [-0.2, 0) is 16.6 Å². The lowest BCUT2D eigenvalue weighted by Crippen LogP contribution is -2.28. The van der Waals surface area contributed by atoms with E-state index in [2.05, 4.69) is 10.0 Å². The molecule has 1 aromatic rings. The molecule has 0 aromatic carbocycles. The maximum atomic E-state index is 12.1. The van der Waals surface area contributed by atoms with Crippen molar-refractivity contribution in [2.24, 2.45) is 0 Å². The van der Waals surface area contributed by atoms with Crippen LogP contribution in [-0.4, -0.2) is 32.3 Å². The molecule has 0 saturated heterocycles. The van der Waals surface area contributed by atoms with Crippen LogP contribution in [0, 0.1) is 0 Å². The average molecular weight is 362 g/mol. The molecule has 0 unspecified atom stereocenters. The second-order valence-corrected chi connectivity index (χ2v) is 8.33. The van der Waals surface area contributed by atoms with Crippen LogP contribution in [0.3, 0.4) is 0 Å². The van der Waals surface area contributed by atoms with Crippen LogP contribution in [0.5, 0.6) is 0 Å². The largest absolute Gasteiger partial charge is 0.441 e. The molecule has 4 nitrogen and oxygen atoms in total. The molecule has 0 aliphatic rings. The van der Waals surface area contributed by atoms with Crippen molar-refractivity contribution in [2.45, 2.75) is 36.8 Å². The van der Waals surface area contributed by atoms with Gasteiger partial charge in [-0.1, -0.05) is 13.8 Å². The predicted octanol–water partition coefficient (Wildman–Crippen LogP) is 2.78. The van der Waals surface area contributed by atoms with Crippen LogP contribution in [0.25, 0.3) is 0 Å². The van der Waals surface area contributed by atoms with Crippen LogP contribution < -0.4 is 10.0 Å². The van der Waals surface area contributed by atoms with Gasteiger partial charge in [0, 0.05) is 29.8 Å². The summed E-state index contributed by atoms with van der Waals surface area (Å²) < 4.78 is 62.2. The quantitative estimate of drug-likeness (QED) is 0.698. The minimum absolute atomic E-state index is 0.123. The normalized spacial score (nSPS) is 13.0. The van der Waals surface area contributed by atoms with Gasteiger partial charge in [-0.15, -0.1) is 11.3 Å². The first-order chi connectivity index (χ1) is 9.62. The molecule has 0 radical (unpaired) electrons. The number of thioether (sulfide) groups is 1. The lowest BCUT2D eigenvalue weighted by Gasteiger charge is -2.10. The SMILES string of the molecule is CC(C)NCc1sccc1S(=O)(=O)NCCSC(F)(F)F. The Labute approximate surface area is 130 Å². The second-order valence-electron chi connectivity index (χ2n) is 4.44. The topological polar surface area (TPSA) is 58.2 Å². The third-order valence-electron chi connectivity index (χ3n) is 2.32. The molecule has 0 saturated carbocycles. The van der Waals surface area contributed by atoms with E-state index >= 15 is 0 Å². The summed E-state index contributed by atoms with van der Waals surface area (Å²) in [6.07, 6.45) is 0. The molecular weight excluding hydrogens is 345 g/mol. The summed E-state index contributed by atoms with van der Waals surface area (Å²) in [5.41, 5.74) is -4.35. The maximum Gasteiger partial charge on any atom is 0.441 e. The minimum Gasteiger partial charge on any atom is -0.310 e. The van der Waals surface area contributed by atoms with E-state index in [0.29, 0.717) is 11.4 Å². The Hall–Kier alpha value is -0.290. The lowest BCUT2D eigenvalue weighted by atomic mass is 10.4. The lowest BCUT2D eigenvalue weighted by molar-refractivity contribution is -0.0327. The summed E-state index contributed by atoms with van der Waals surface area (Å²) in [6.45, 7) is 4.02. The number of nitrogens with one attached hydrogen (secondary N) is 2. The van der Waals surface area contributed by atoms with E-state index in [1.54, 1.807) is 5.38 Å². The fourth-order valence-corrected chi connectivity index (χ4v) is 4.40. The predicted molar refractivity (Wildman–Crippen MR) is 80.0 cm³/mol. The van der Waals surface area contributed by atoms with Gasteiger partial charge in [0.2, 0.25) is 10.0 Å². The van der Waals surface area contributed by atoms with Crippen molar-refractivity contribution in [1.82, 2.24) is 10.0 Å². The molecule has 0 spiro atoms. The number of thiophene rings is 1. The number of hydrogen-bond acceptors (Lipinski definition) is 5. The van der Waals surface area contributed by atoms with E-state index in [9.17, 15) is 21.6 Å². The zero-order valence-electron chi connectivity index (χ0n) is 11.5. The smallest absolute Gasteiger partial charge is 0.310 e. The number of hydrogen-bond donors (Lipinski definition) is 2. The van der Waals surface area contributed by atoms with Gasteiger partial charge in [0.15, 0.2) is 0 Å². The van der Waals surface area contributed by atoms with Crippen molar-refractivity contribution in [1.29, 1.82) is 0 Å². The van der Waals surface area contributed by atoms with Gasteiger partial charge in [0.1, 0.15) is 0 Å². The summed E-state index contributed by atoms with van der Waals surface area (Å²) in [6, 6.07) is 1.67. The molecule has 1 rings (SSSR count). The highest BCUT2D eigenvalue weighted by molar-refractivity contribution is 8.00. The minimum atomic E-state index is -4.35. The van der Waals surface area contributed by atoms with Gasteiger partial charge in [-0.2, -0.15) is 13.2 Å². The fraction of sp³-hybridized carbons (Fsp3) is 0.636. The summed E-state index contributed by atoms with van der Waals surface area (Å²) in [5, 5.41) is 4.76. The number of rotatable bonds is 8. The molecule has 1 aromatic heterocycles. The Morgan fingerprint density at radius 2 is 2.05 bits per heavy atom. The molecule has 122 valence electrons. The van der Waals surface area contributed by atoms with Gasteiger partial charge in [0.25, 0.3) is 0 Å². The van der Waals surface area contributed by atoms with Crippen LogP contribution in [0.4, 0.5) is 13.2 Å². The summed E-state index contributed by atoms with van der Waals surface area (Å²) in [5.74, 6) is -0.355. The van der Waals surface area contributed by atoms with Crippen molar-refractivity contribution < 1.29 is 21.6 Å². The Morgan fingerprint density at radius 1 is 1.38 bits per heavy atom. The first-order valence-electron chi connectivity index (χ1n) is 6.12. The molecule has 0 aliphatic carbocycles. The number of sulfonamides is 1. The highest BCUT2D eigenvalue weighted by Gasteiger charge is 2.28. The van der Waals surface area contributed by atoms with Crippen molar-refractivity contribution in [3.8, 4) is 0 Å². The van der Waals surface area contributed by atoms with Crippen LogP contribution >= 0.6 is 23.1 Å². The van der Waals surface area contributed by atoms with Crippen LogP contribution in [0.2, 0.25) is 0 Å². The molecule has 0 bridgehead atoms. The highest BCUT2D eigenvalue weighted by Crippen LogP contribution is 2.29. The van der Waals surface area contributed by atoms with E-state index < -0.39 is 15.5 Å². The fourth-order valence-electron chi connectivity index (χ4n) is 1.41. The van der Waals surface area contributed by atoms with Gasteiger partial charge in [-0.05, 0) is 23.2 Å². The first-order valence-corrected chi connectivity index (χ1v) is 9.47. The summed E-state index contributed by atoms with van der Waals surface area (Å²) in [7, 11) is -3.77. The van der Waals surface area contributed by atoms with E-state index in [0.717, 1.165) is 0 Å². The molecule has 0 fully saturated rings. The molecule has 10 heteroatoms. The van der Waals surface area contributed by atoms with E-state index in [1.807, 2.05) is 13.8 Å². The molecule has 2 N–H and O–H groups in total. The molecule has 1 heterocycles. The first kappa shape index (κ1) is 18.8. The molecule has 21 heavy (non-hydrogen) atoms. The van der Waals surface area contributed by atoms with Gasteiger partial charge in [0.05, 0.1) is 4.90 Å². The molecule has 0 atom stereocenters. The summed E-state index contributed by atoms with van der Waals surface area (Å²) in [4.78, 5) is 0.761. The highest BCUT2D eigenvalue weighted by atomic mass is 32.2. The van der Waals surface area contributed by atoms with Gasteiger partial charge >= 0.3 is 5.51 Å².